The summed E-state index contributed by atoms with van der Waals surface area (Å²) in [6.07, 6.45) is 1.65. The lowest BCUT2D eigenvalue weighted by Gasteiger charge is -2.16. The summed E-state index contributed by atoms with van der Waals surface area (Å²) >= 11 is 0. The van der Waals surface area contributed by atoms with Crippen molar-refractivity contribution in [1.82, 2.24) is 0 Å². The van der Waals surface area contributed by atoms with Crippen molar-refractivity contribution in [3.8, 4) is 11.5 Å². The minimum absolute atomic E-state index is 0.0638. The summed E-state index contributed by atoms with van der Waals surface area (Å²) in [6, 6.07) is 12.0. The molecule has 0 aromatic heterocycles. The lowest BCUT2D eigenvalue weighted by Crippen LogP contribution is -2.07. The van der Waals surface area contributed by atoms with E-state index in [1.54, 1.807) is 24.3 Å². The van der Waals surface area contributed by atoms with E-state index in [2.05, 4.69) is 10.1 Å². The van der Waals surface area contributed by atoms with E-state index in [-0.39, 0.29) is 11.8 Å². The molecule has 0 spiro atoms. The average molecular weight is 291 g/mol. The van der Waals surface area contributed by atoms with E-state index >= 15 is 0 Å². The lowest BCUT2D eigenvalue weighted by molar-refractivity contribution is -0.0498. The molecule has 2 aromatic carbocycles. The van der Waals surface area contributed by atoms with Crippen LogP contribution in [-0.2, 0) is 6.42 Å². The first kappa shape index (κ1) is 13.7. The predicted octanol–water partition coefficient (Wildman–Crippen LogP) is 4.09. The molecule has 1 unspecified atom stereocenters. The van der Waals surface area contributed by atoms with Crippen molar-refractivity contribution < 1.29 is 18.6 Å². The van der Waals surface area contributed by atoms with Crippen LogP contribution in [0, 0.1) is 0 Å². The molecule has 1 aliphatic carbocycles. The van der Waals surface area contributed by atoms with E-state index in [1.165, 1.54) is 6.07 Å². The van der Waals surface area contributed by atoms with Gasteiger partial charge in [0.15, 0.2) is 0 Å². The Morgan fingerprint density at radius 3 is 2.81 bits per heavy atom. The standard InChI is InChI=1S/C16H15F2NO2/c17-16(18)21-11-4-1-3-10(9-11)19-14-8-7-13-12(14)5-2-6-15(13)20/h1-6,9,14,16,19-20H,7-8H2. The van der Waals surface area contributed by atoms with Gasteiger partial charge in [-0.2, -0.15) is 8.78 Å². The van der Waals surface area contributed by atoms with Crippen LogP contribution in [0.4, 0.5) is 14.5 Å². The van der Waals surface area contributed by atoms with Gasteiger partial charge in [0.05, 0.1) is 6.04 Å². The van der Waals surface area contributed by atoms with Gasteiger partial charge in [0.25, 0.3) is 0 Å². The Morgan fingerprint density at radius 2 is 2.00 bits per heavy atom. The number of halogens is 2. The summed E-state index contributed by atoms with van der Waals surface area (Å²) in [5.74, 6) is 0.440. The molecule has 110 valence electrons. The van der Waals surface area contributed by atoms with Crippen molar-refractivity contribution in [2.75, 3.05) is 5.32 Å². The molecule has 0 aliphatic heterocycles. The zero-order chi connectivity index (χ0) is 14.8. The molecular formula is C16H15F2NO2. The molecule has 3 nitrogen and oxygen atoms in total. The monoisotopic (exact) mass is 291 g/mol. The highest BCUT2D eigenvalue weighted by molar-refractivity contribution is 5.53. The largest absolute Gasteiger partial charge is 0.508 e. The Bertz CT molecular complexity index is 646. The van der Waals surface area contributed by atoms with Gasteiger partial charge in [-0.1, -0.05) is 18.2 Å². The molecule has 1 aliphatic rings. The average Bonchev–Trinajstić information content (AvgIpc) is 2.83. The number of fused-ring (bicyclic) bond motifs is 1. The highest BCUT2D eigenvalue weighted by atomic mass is 19.3. The third kappa shape index (κ3) is 2.91. The Balaban J connectivity index is 1.78. The Morgan fingerprint density at radius 1 is 1.19 bits per heavy atom. The van der Waals surface area contributed by atoms with Crippen molar-refractivity contribution in [1.29, 1.82) is 0 Å². The molecule has 0 saturated heterocycles. The maximum atomic E-state index is 12.2. The number of rotatable bonds is 4. The van der Waals surface area contributed by atoms with E-state index in [0.29, 0.717) is 11.4 Å². The van der Waals surface area contributed by atoms with Crippen LogP contribution < -0.4 is 10.1 Å². The molecule has 2 N–H and O–H groups in total. The molecule has 3 rings (SSSR count). The molecule has 0 bridgehead atoms. The quantitative estimate of drug-likeness (QED) is 0.891. The molecule has 5 heteroatoms. The van der Waals surface area contributed by atoms with Gasteiger partial charge in [-0.05, 0) is 42.2 Å². The van der Waals surface area contributed by atoms with Gasteiger partial charge >= 0.3 is 6.61 Å². The minimum Gasteiger partial charge on any atom is -0.508 e. The first-order chi connectivity index (χ1) is 10.1. The highest BCUT2D eigenvalue weighted by Crippen LogP contribution is 2.38. The molecule has 2 aromatic rings. The summed E-state index contributed by atoms with van der Waals surface area (Å²) in [7, 11) is 0. The van der Waals surface area contributed by atoms with E-state index in [0.717, 1.165) is 24.0 Å². The van der Waals surface area contributed by atoms with Crippen LogP contribution in [-0.4, -0.2) is 11.7 Å². The van der Waals surface area contributed by atoms with Crippen molar-refractivity contribution in [3.63, 3.8) is 0 Å². The number of hydrogen-bond donors (Lipinski definition) is 2. The Kier molecular flexibility index (Phi) is 3.64. The second-order valence-corrected chi connectivity index (χ2v) is 4.99. The first-order valence-electron chi connectivity index (χ1n) is 6.75. The third-order valence-electron chi connectivity index (χ3n) is 3.65. The van der Waals surface area contributed by atoms with Gasteiger partial charge in [-0.25, -0.2) is 0 Å². The van der Waals surface area contributed by atoms with E-state index < -0.39 is 6.61 Å². The van der Waals surface area contributed by atoms with Crippen LogP contribution in [0.25, 0.3) is 0 Å². The van der Waals surface area contributed by atoms with Gasteiger partial charge in [-0.15, -0.1) is 0 Å². The molecule has 1 atom stereocenters. The summed E-state index contributed by atoms with van der Waals surface area (Å²) in [4.78, 5) is 0. The molecule has 0 saturated carbocycles. The number of anilines is 1. The SMILES string of the molecule is Oc1cccc2c1CCC2Nc1cccc(OC(F)F)c1. The van der Waals surface area contributed by atoms with E-state index in [4.69, 9.17) is 0 Å². The Labute approximate surface area is 121 Å². The van der Waals surface area contributed by atoms with Crippen LogP contribution >= 0.6 is 0 Å². The molecule has 21 heavy (non-hydrogen) atoms. The smallest absolute Gasteiger partial charge is 0.387 e. The summed E-state index contributed by atoms with van der Waals surface area (Å²) in [6.45, 7) is -2.83. The number of benzene rings is 2. The zero-order valence-electron chi connectivity index (χ0n) is 11.2. The Hall–Kier alpha value is -2.30. The van der Waals surface area contributed by atoms with Crippen LogP contribution in [0.15, 0.2) is 42.5 Å². The van der Waals surface area contributed by atoms with Gasteiger partial charge in [0.2, 0.25) is 0 Å². The molecular weight excluding hydrogens is 276 g/mol. The minimum atomic E-state index is -2.83. The van der Waals surface area contributed by atoms with Crippen molar-refractivity contribution in [2.24, 2.45) is 0 Å². The molecule has 0 radical (unpaired) electrons. The van der Waals surface area contributed by atoms with Crippen molar-refractivity contribution >= 4 is 5.69 Å². The fraction of sp³-hybridized carbons (Fsp3) is 0.250. The number of nitrogens with one attached hydrogen (secondary N) is 1. The molecule has 0 fully saturated rings. The fourth-order valence-corrected chi connectivity index (χ4v) is 2.75. The van der Waals surface area contributed by atoms with Crippen LogP contribution in [0.5, 0.6) is 11.5 Å². The number of alkyl halides is 2. The van der Waals surface area contributed by atoms with Gasteiger partial charge in [0.1, 0.15) is 11.5 Å². The zero-order valence-corrected chi connectivity index (χ0v) is 11.2. The van der Waals surface area contributed by atoms with Gasteiger partial charge in [0, 0.05) is 11.8 Å². The first-order valence-corrected chi connectivity index (χ1v) is 6.75. The van der Waals surface area contributed by atoms with E-state index in [9.17, 15) is 13.9 Å². The number of ether oxygens (including phenoxy) is 1. The summed E-state index contributed by atoms with van der Waals surface area (Å²) in [5, 5.41) is 13.1. The number of aromatic hydroxyl groups is 1. The highest BCUT2D eigenvalue weighted by Gasteiger charge is 2.24. The second kappa shape index (κ2) is 5.60. The van der Waals surface area contributed by atoms with Crippen LogP contribution in [0.3, 0.4) is 0 Å². The predicted molar refractivity (Wildman–Crippen MR) is 75.9 cm³/mol. The van der Waals surface area contributed by atoms with Crippen molar-refractivity contribution in [3.05, 3.63) is 53.6 Å². The normalized spacial score (nSPS) is 16.8. The lowest BCUT2D eigenvalue weighted by atomic mass is 10.1. The number of phenols is 1. The van der Waals surface area contributed by atoms with Gasteiger partial charge in [-0.3, -0.25) is 0 Å². The van der Waals surface area contributed by atoms with Gasteiger partial charge < -0.3 is 15.2 Å². The van der Waals surface area contributed by atoms with Crippen LogP contribution in [0.2, 0.25) is 0 Å². The second-order valence-electron chi connectivity index (χ2n) is 4.99. The third-order valence-corrected chi connectivity index (χ3v) is 3.65. The summed E-state index contributed by atoms with van der Waals surface area (Å²) in [5.41, 5.74) is 2.72. The van der Waals surface area contributed by atoms with Crippen LogP contribution in [0.1, 0.15) is 23.6 Å². The summed E-state index contributed by atoms with van der Waals surface area (Å²) < 4.78 is 28.9. The molecule has 0 heterocycles. The number of phenolic OH excluding ortho intramolecular Hbond substituents is 1. The maximum absolute atomic E-state index is 12.2. The fourth-order valence-electron chi connectivity index (χ4n) is 2.75. The van der Waals surface area contributed by atoms with E-state index in [1.807, 2.05) is 12.1 Å². The number of hydrogen-bond acceptors (Lipinski definition) is 3. The van der Waals surface area contributed by atoms with Crippen molar-refractivity contribution in [2.45, 2.75) is 25.5 Å². The molecule has 0 amide bonds. The topological polar surface area (TPSA) is 41.5 Å². The maximum Gasteiger partial charge on any atom is 0.387 e.